The normalized spacial score (nSPS) is 11.8. The lowest BCUT2D eigenvalue weighted by Gasteiger charge is -2.28. The Kier molecular flexibility index (Phi) is 7.43. The summed E-state index contributed by atoms with van der Waals surface area (Å²) >= 11 is 6.28. The van der Waals surface area contributed by atoms with E-state index in [-0.39, 0.29) is 12.3 Å². The van der Waals surface area contributed by atoms with E-state index in [4.69, 9.17) is 20.8 Å². The van der Waals surface area contributed by atoms with E-state index in [1.54, 1.807) is 61.7 Å². The third-order valence-corrected chi connectivity index (χ3v) is 6.16. The number of halogens is 1. The zero-order valence-electron chi connectivity index (χ0n) is 19.3. The van der Waals surface area contributed by atoms with Gasteiger partial charge in [-0.1, -0.05) is 23.7 Å². The third kappa shape index (κ3) is 4.59. The first kappa shape index (κ1) is 24.3. The molecule has 174 valence electrons. The first-order valence-electron chi connectivity index (χ1n) is 10.6. The number of esters is 1. The zero-order valence-corrected chi connectivity index (χ0v) is 20.1. The standard InChI is InChI=1S/C25H27ClN2O5/c1-6-27-16(3)21(15(2)22(27)25(31)32-5)23(29)17(4)28(14-18-10-9-13-33-18)24(30)19-11-7-8-12-20(19)26/h7-13,17H,6,14H2,1-5H3/t17-/m0/s1. The highest BCUT2D eigenvalue weighted by atomic mass is 35.5. The van der Waals surface area contributed by atoms with E-state index < -0.39 is 17.9 Å². The van der Waals surface area contributed by atoms with Crippen LogP contribution in [0.5, 0.6) is 0 Å². The van der Waals surface area contributed by atoms with Crippen LogP contribution in [0.4, 0.5) is 0 Å². The van der Waals surface area contributed by atoms with Crippen molar-refractivity contribution in [3.63, 3.8) is 0 Å². The van der Waals surface area contributed by atoms with Crippen molar-refractivity contribution in [2.24, 2.45) is 0 Å². The highest BCUT2D eigenvalue weighted by Crippen LogP contribution is 2.27. The topological polar surface area (TPSA) is 81.8 Å². The van der Waals surface area contributed by atoms with Gasteiger partial charge in [0.05, 0.1) is 36.5 Å². The van der Waals surface area contributed by atoms with E-state index >= 15 is 0 Å². The Morgan fingerprint density at radius 1 is 1.15 bits per heavy atom. The average molecular weight is 471 g/mol. The van der Waals surface area contributed by atoms with E-state index in [0.717, 1.165) is 0 Å². The predicted molar refractivity (Wildman–Crippen MR) is 125 cm³/mol. The maximum atomic E-state index is 13.7. The van der Waals surface area contributed by atoms with Crippen LogP contribution in [-0.4, -0.2) is 40.3 Å². The van der Waals surface area contributed by atoms with Gasteiger partial charge in [0.15, 0.2) is 5.78 Å². The molecule has 0 aliphatic carbocycles. The number of ether oxygens (including phenoxy) is 1. The molecule has 1 atom stereocenters. The van der Waals surface area contributed by atoms with Crippen molar-refractivity contribution in [2.45, 2.75) is 46.8 Å². The molecule has 33 heavy (non-hydrogen) atoms. The van der Waals surface area contributed by atoms with Gasteiger partial charge in [-0.25, -0.2) is 4.79 Å². The van der Waals surface area contributed by atoms with Crippen molar-refractivity contribution in [3.05, 3.63) is 81.5 Å². The van der Waals surface area contributed by atoms with Gasteiger partial charge in [-0.05, 0) is 57.5 Å². The number of furan rings is 1. The maximum absolute atomic E-state index is 13.7. The zero-order chi connectivity index (χ0) is 24.3. The Morgan fingerprint density at radius 3 is 2.42 bits per heavy atom. The minimum absolute atomic E-state index is 0.0837. The molecule has 2 heterocycles. The molecule has 0 spiro atoms. The first-order chi connectivity index (χ1) is 15.7. The second-order valence-corrected chi connectivity index (χ2v) is 8.11. The minimum Gasteiger partial charge on any atom is -0.467 e. The number of ketones is 1. The molecule has 3 rings (SSSR count). The number of Topliss-reactive ketones (excluding diaryl/α,β-unsaturated/α-hetero) is 1. The summed E-state index contributed by atoms with van der Waals surface area (Å²) in [6.45, 7) is 7.64. The van der Waals surface area contributed by atoms with Crippen LogP contribution in [0.3, 0.4) is 0 Å². The van der Waals surface area contributed by atoms with Crippen molar-refractivity contribution >= 4 is 29.3 Å². The molecule has 0 saturated carbocycles. The van der Waals surface area contributed by atoms with Crippen LogP contribution >= 0.6 is 11.6 Å². The van der Waals surface area contributed by atoms with Crippen molar-refractivity contribution in [3.8, 4) is 0 Å². The summed E-state index contributed by atoms with van der Waals surface area (Å²) in [7, 11) is 1.31. The van der Waals surface area contributed by atoms with Gasteiger partial charge in [0, 0.05) is 17.8 Å². The lowest BCUT2D eigenvalue weighted by Crippen LogP contribution is -2.43. The minimum atomic E-state index is -0.852. The fourth-order valence-corrected chi connectivity index (χ4v) is 4.32. The number of hydrogen-bond donors (Lipinski definition) is 0. The number of aromatic nitrogens is 1. The molecule has 0 unspecified atom stereocenters. The number of nitrogens with zero attached hydrogens (tertiary/aromatic N) is 2. The van der Waals surface area contributed by atoms with Gasteiger partial charge in [-0.2, -0.15) is 0 Å². The van der Waals surface area contributed by atoms with Crippen LogP contribution in [-0.2, 0) is 17.8 Å². The van der Waals surface area contributed by atoms with Crippen LogP contribution in [0.2, 0.25) is 5.02 Å². The monoisotopic (exact) mass is 470 g/mol. The van der Waals surface area contributed by atoms with Gasteiger partial charge in [-0.15, -0.1) is 0 Å². The van der Waals surface area contributed by atoms with Crippen LogP contribution in [0, 0.1) is 13.8 Å². The molecule has 2 aromatic heterocycles. The second kappa shape index (κ2) is 10.1. The molecule has 0 bridgehead atoms. The fourth-order valence-electron chi connectivity index (χ4n) is 4.11. The first-order valence-corrected chi connectivity index (χ1v) is 11.0. The third-order valence-electron chi connectivity index (χ3n) is 5.83. The van der Waals surface area contributed by atoms with Gasteiger partial charge >= 0.3 is 5.97 Å². The SMILES string of the molecule is CCn1c(C)c(C(=O)[C@H](C)N(Cc2ccco2)C(=O)c2ccccc2Cl)c(C)c1C(=O)OC. The van der Waals surface area contributed by atoms with Crippen LogP contribution < -0.4 is 0 Å². The molecule has 0 aliphatic rings. The number of hydrogen-bond acceptors (Lipinski definition) is 5. The number of amides is 1. The lowest BCUT2D eigenvalue weighted by molar-refractivity contribution is 0.0585. The van der Waals surface area contributed by atoms with Crippen molar-refractivity contribution in [2.75, 3.05) is 7.11 Å². The van der Waals surface area contributed by atoms with E-state index in [0.29, 0.717) is 45.4 Å². The number of methoxy groups -OCH3 is 1. The molecule has 0 fully saturated rings. The summed E-state index contributed by atoms with van der Waals surface area (Å²) in [6.07, 6.45) is 1.51. The number of carbonyl (C=O) groups is 3. The molecule has 7 nitrogen and oxygen atoms in total. The summed E-state index contributed by atoms with van der Waals surface area (Å²) in [6, 6.07) is 9.31. The van der Waals surface area contributed by atoms with E-state index in [1.807, 2.05) is 6.92 Å². The van der Waals surface area contributed by atoms with Gasteiger partial charge in [0.1, 0.15) is 11.5 Å². The van der Waals surface area contributed by atoms with Crippen LogP contribution in [0.15, 0.2) is 47.1 Å². The van der Waals surface area contributed by atoms with Gasteiger partial charge in [-0.3, -0.25) is 9.59 Å². The largest absolute Gasteiger partial charge is 0.467 e. The van der Waals surface area contributed by atoms with Gasteiger partial charge in [0.2, 0.25) is 0 Å². The fraction of sp³-hybridized carbons (Fsp3) is 0.320. The molecule has 0 radical (unpaired) electrons. The summed E-state index contributed by atoms with van der Waals surface area (Å²) in [5, 5.41) is 0.295. The Bertz CT molecular complexity index is 1180. The summed E-state index contributed by atoms with van der Waals surface area (Å²) in [4.78, 5) is 41.1. The second-order valence-electron chi connectivity index (χ2n) is 7.70. The van der Waals surface area contributed by atoms with E-state index in [1.165, 1.54) is 18.3 Å². The molecule has 1 amide bonds. The van der Waals surface area contributed by atoms with E-state index in [2.05, 4.69) is 0 Å². The summed E-state index contributed by atoms with van der Waals surface area (Å²) in [5.74, 6) is -0.654. The number of carbonyl (C=O) groups excluding carboxylic acids is 3. The molecule has 3 aromatic rings. The maximum Gasteiger partial charge on any atom is 0.354 e. The number of benzene rings is 1. The smallest absolute Gasteiger partial charge is 0.354 e. The van der Waals surface area contributed by atoms with Gasteiger partial charge in [0.25, 0.3) is 5.91 Å². The Morgan fingerprint density at radius 2 is 1.85 bits per heavy atom. The average Bonchev–Trinajstić information content (AvgIpc) is 3.41. The lowest BCUT2D eigenvalue weighted by atomic mass is 9.99. The Hall–Kier alpha value is -3.32. The molecule has 0 saturated heterocycles. The number of rotatable bonds is 8. The van der Waals surface area contributed by atoms with E-state index in [9.17, 15) is 14.4 Å². The van der Waals surface area contributed by atoms with Crippen molar-refractivity contribution in [1.82, 2.24) is 9.47 Å². The molecule has 0 N–H and O–H groups in total. The molecule has 1 aromatic carbocycles. The Balaban J connectivity index is 2.06. The quantitative estimate of drug-likeness (QED) is 0.339. The highest BCUT2D eigenvalue weighted by molar-refractivity contribution is 6.33. The van der Waals surface area contributed by atoms with Gasteiger partial charge < -0.3 is 18.6 Å². The molecular formula is C25H27ClN2O5. The summed E-state index contributed by atoms with van der Waals surface area (Å²) in [5.41, 5.74) is 2.21. The predicted octanol–water partition coefficient (Wildman–Crippen LogP) is 5.07. The van der Waals surface area contributed by atoms with Crippen LogP contribution in [0.25, 0.3) is 0 Å². The van der Waals surface area contributed by atoms with Crippen molar-refractivity contribution < 1.29 is 23.5 Å². The molecule has 8 heteroatoms. The molecule has 0 aliphatic heterocycles. The summed E-state index contributed by atoms with van der Waals surface area (Å²) < 4.78 is 12.1. The van der Waals surface area contributed by atoms with Crippen LogP contribution in [0.1, 0.15) is 62.1 Å². The Labute approximate surface area is 197 Å². The molecular weight excluding hydrogens is 444 g/mol. The van der Waals surface area contributed by atoms with Crippen molar-refractivity contribution in [1.29, 1.82) is 0 Å². The highest BCUT2D eigenvalue weighted by Gasteiger charge is 2.34.